The zero-order valence-corrected chi connectivity index (χ0v) is 19.6. The first-order valence-corrected chi connectivity index (χ1v) is 13.0. The van der Waals surface area contributed by atoms with E-state index >= 15 is 0 Å². The fourth-order valence-corrected chi connectivity index (χ4v) is 5.72. The Hall–Kier alpha value is -2.06. The molecule has 0 spiro atoms. The van der Waals surface area contributed by atoms with Gasteiger partial charge in [0.1, 0.15) is 0 Å². The maximum absolute atomic E-state index is 12.7. The van der Waals surface area contributed by atoms with Crippen LogP contribution in [0.5, 0.6) is 0 Å². The minimum absolute atomic E-state index is 0.0279. The van der Waals surface area contributed by atoms with Gasteiger partial charge in [0, 0.05) is 67.9 Å². The third kappa shape index (κ3) is 6.04. The number of amides is 3. The van der Waals surface area contributed by atoms with Crippen LogP contribution in [0.3, 0.4) is 0 Å². The topological polar surface area (TPSA) is 73.0 Å². The Morgan fingerprint density at radius 2 is 1.62 bits per heavy atom. The molecule has 7 nitrogen and oxygen atoms in total. The van der Waals surface area contributed by atoms with Gasteiger partial charge >= 0.3 is 0 Å². The predicted molar refractivity (Wildman–Crippen MR) is 128 cm³/mol. The number of hydrogen-bond acceptors (Lipinski definition) is 5. The highest BCUT2D eigenvalue weighted by atomic mass is 32.2. The highest BCUT2D eigenvalue weighted by Gasteiger charge is 2.29. The van der Waals surface area contributed by atoms with Crippen LogP contribution in [-0.2, 0) is 9.59 Å². The van der Waals surface area contributed by atoms with Gasteiger partial charge in [0.25, 0.3) is 5.91 Å². The van der Waals surface area contributed by atoms with Crippen molar-refractivity contribution in [3.63, 3.8) is 0 Å². The van der Waals surface area contributed by atoms with E-state index < -0.39 is 0 Å². The average Bonchev–Trinajstić information content (AvgIpc) is 2.85. The molecule has 3 amide bonds. The van der Waals surface area contributed by atoms with E-state index in [1.807, 2.05) is 39.8 Å². The lowest BCUT2D eigenvalue weighted by atomic mass is 9.88. The number of benzene rings is 1. The number of piperazine rings is 1. The van der Waals surface area contributed by atoms with Crippen LogP contribution in [0.1, 0.15) is 42.5 Å². The number of rotatable bonds is 5. The third-order valence-corrected chi connectivity index (χ3v) is 7.64. The zero-order valence-electron chi connectivity index (χ0n) is 18.8. The first-order valence-electron chi connectivity index (χ1n) is 11.9. The first-order chi connectivity index (χ1) is 15.6. The fraction of sp³-hybridized carbons (Fsp3) is 0.625. The van der Waals surface area contributed by atoms with Gasteiger partial charge in [-0.05, 0) is 31.0 Å². The van der Waals surface area contributed by atoms with Crippen molar-refractivity contribution in [1.29, 1.82) is 0 Å². The summed E-state index contributed by atoms with van der Waals surface area (Å²) >= 11 is 1.87. The Labute approximate surface area is 194 Å². The molecule has 1 N–H and O–H groups in total. The maximum atomic E-state index is 12.7. The smallest absolute Gasteiger partial charge is 0.253 e. The number of anilines is 1. The van der Waals surface area contributed by atoms with Gasteiger partial charge in [-0.1, -0.05) is 25.3 Å². The van der Waals surface area contributed by atoms with E-state index in [4.69, 9.17) is 0 Å². The lowest BCUT2D eigenvalue weighted by Crippen LogP contribution is -2.52. The number of thioether (sulfide) groups is 1. The number of nitrogens with one attached hydrogen (secondary N) is 1. The molecule has 1 aromatic rings. The van der Waals surface area contributed by atoms with Crippen LogP contribution in [0.4, 0.5) is 5.69 Å². The van der Waals surface area contributed by atoms with Crippen LogP contribution in [0, 0.1) is 5.92 Å². The summed E-state index contributed by atoms with van der Waals surface area (Å²) in [5, 5.41) is 2.94. The van der Waals surface area contributed by atoms with Crippen molar-refractivity contribution in [2.24, 2.45) is 5.92 Å². The van der Waals surface area contributed by atoms with Crippen molar-refractivity contribution < 1.29 is 14.4 Å². The minimum atomic E-state index is -0.0870. The van der Waals surface area contributed by atoms with Crippen molar-refractivity contribution in [2.75, 3.05) is 62.6 Å². The van der Waals surface area contributed by atoms with E-state index in [2.05, 4.69) is 10.2 Å². The molecule has 4 rings (SSSR count). The first kappa shape index (κ1) is 23.1. The summed E-state index contributed by atoms with van der Waals surface area (Å²) in [6.45, 7) is 4.67. The van der Waals surface area contributed by atoms with Crippen molar-refractivity contribution in [1.82, 2.24) is 14.7 Å². The normalized spacial score (nSPS) is 20.8. The van der Waals surface area contributed by atoms with Gasteiger partial charge in [-0.15, -0.1) is 0 Å². The second-order valence-electron chi connectivity index (χ2n) is 8.97. The summed E-state index contributed by atoms with van der Waals surface area (Å²) in [4.78, 5) is 44.0. The molecule has 0 aromatic heterocycles. The Balaban J connectivity index is 1.24. The zero-order chi connectivity index (χ0) is 22.3. The number of carbonyl (C=O) groups excluding carboxylic acids is 3. The van der Waals surface area contributed by atoms with Crippen LogP contribution < -0.4 is 5.32 Å². The standard InChI is InChI=1S/C24H34N4O3S/c29-22(18-26-9-11-27(12-10-26)23(30)19-5-2-1-3-6-19)25-21-8-4-7-20(17-21)24(31)28-13-15-32-16-14-28/h4,7-8,17,19H,1-3,5-6,9-16,18H2,(H,25,29). The molecule has 0 bridgehead atoms. The van der Waals surface area contributed by atoms with Crippen LogP contribution >= 0.6 is 11.8 Å². The summed E-state index contributed by atoms with van der Waals surface area (Å²) in [7, 11) is 0. The molecule has 174 valence electrons. The fourth-order valence-electron chi connectivity index (χ4n) is 4.82. The largest absolute Gasteiger partial charge is 0.340 e. The SMILES string of the molecule is O=C(CN1CCN(C(=O)C2CCCCC2)CC1)Nc1cccc(C(=O)N2CCSCC2)c1. The molecule has 0 unspecified atom stereocenters. The van der Waals surface area contributed by atoms with Gasteiger partial charge in [-0.25, -0.2) is 0 Å². The Bertz CT molecular complexity index is 813. The Kier molecular flexibility index (Phi) is 8.08. The van der Waals surface area contributed by atoms with Gasteiger partial charge in [-0.2, -0.15) is 11.8 Å². The summed E-state index contributed by atoms with van der Waals surface area (Å²) in [5.74, 6) is 2.40. The van der Waals surface area contributed by atoms with Crippen LogP contribution in [0.25, 0.3) is 0 Å². The minimum Gasteiger partial charge on any atom is -0.340 e. The number of nitrogens with zero attached hydrogens (tertiary/aromatic N) is 3. The highest BCUT2D eigenvalue weighted by Crippen LogP contribution is 2.26. The molecule has 0 radical (unpaired) electrons. The summed E-state index contributed by atoms with van der Waals surface area (Å²) in [6.07, 6.45) is 5.64. The quantitative estimate of drug-likeness (QED) is 0.734. The van der Waals surface area contributed by atoms with Crippen molar-refractivity contribution in [3.05, 3.63) is 29.8 Å². The van der Waals surface area contributed by atoms with Gasteiger partial charge < -0.3 is 15.1 Å². The van der Waals surface area contributed by atoms with Gasteiger partial charge in [0.2, 0.25) is 11.8 Å². The van der Waals surface area contributed by atoms with Crippen molar-refractivity contribution in [2.45, 2.75) is 32.1 Å². The van der Waals surface area contributed by atoms with E-state index in [-0.39, 0.29) is 17.7 Å². The molecule has 32 heavy (non-hydrogen) atoms. The molecule has 2 saturated heterocycles. The lowest BCUT2D eigenvalue weighted by Gasteiger charge is -2.36. The molecule has 8 heteroatoms. The number of hydrogen-bond donors (Lipinski definition) is 1. The molecular formula is C24H34N4O3S. The van der Waals surface area contributed by atoms with E-state index in [1.54, 1.807) is 6.07 Å². The van der Waals surface area contributed by atoms with Crippen molar-refractivity contribution in [3.8, 4) is 0 Å². The molecule has 3 aliphatic rings. The Morgan fingerprint density at radius 1 is 0.906 bits per heavy atom. The van der Waals surface area contributed by atoms with Crippen LogP contribution in [-0.4, -0.2) is 89.7 Å². The molecule has 2 heterocycles. The molecule has 1 aliphatic carbocycles. The summed E-state index contributed by atoms with van der Waals surface area (Å²) in [6, 6.07) is 7.21. The van der Waals surface area contributed by atoms with E-state index in [0.717, 1.165) is 50.5 Å². The molecule has 0 atom stereocenters. The molecule has 1 aromatic carbocycles. The average molecular weight is 459 g/mol. The van der Waals surface area contributed by atoms with E-state index in [0.29, 0.717) is 36.8 Å². The second-order valence-corrected chi connectivity index (χ2v) is 10.2. The lowest BCUT2D eigenvalue weighted by molar-refractivity contribution is -0.138. The maximum Gasteiger partial charge on any atom is 0.253 e. The van der Waals surface area contributed by atoms with Crippen LogP contribution in [0.15, 0.2) is 24.3 Å². The summed E-state index contributed by atoms with van der Waals surface area (Å²) in [5.41, 5.74) is 1.27. The van der Waals surface area contributed by atoms with Gasteiger partial charge in [-0.3, -0.25) is 19.3 Å². The predicted octanol–water partition coefficient (Wildman–Crippen LogP) is 2.54. The van der Waals surface area contributed by atoms with Gasteiger partial charge in [0.05, 0.1) is 6.54 Å². The third-order valence-electron chi connectivity index (χ3n) is 6.70. The second kappa shape index (κ2) is 11.2. The van der Waals surface area contributed by atoms with Gasteiger partial charge in [0.15, 0.2) is 0 Å². The molecule has 3 fully saturated rings. The molecule has 2 aliphatic heterocycles. The van der Waals surface area contributed by atoms with E-state index in [9.17, 15) is 14.4 Å². The monoisotopic (exact) mass is 458 g/mol. The number of carbonyl (C=O) groups is 3. The Morgan fingerprint density at radius 3 is 2.34 bits per heavy atom. The van der Waals surface area contributed by atoms with Crippen molar-refractivity contribution >= 4 is 35.2 Å². The van der Waals surface area contributed by atoms with Crippen LogP contribution in [0.2, 0.25) is 0 Å². The van der Waals surface area contributed by atoms with E-state index in [1.165, 1.54) is 19.3 Å². The molecular weight excluding hydrogens is 424 g/mol. The summed E-state index contributed by atoms with van der Waals surface area (Å²) < 4.78 is 0. The molecule has 1 saturated carbocycles. The highest BCUT2D eigenvalue weighted by molar-refractivity contribution is 7.99.